The summed E-state index contributed by atoms with van der Waals surface area (Å²) in [6.45, 7) is 2.28. The maximum absolute atomic E-state index is 13.7. The second kappa shape index (κ2) is 15.4. The van der Waals surface area contributed by atoms with E-state index in [4.69, 9.17) is 9.10 Å². The minimum Gasteiger partial charge on any atom is -0.304 e. The molecule has 0 amide bonds. The number of fused-ring (bicyclic) bond motifs is 3. The summed E-state index contributed by atoms with van der Waals surface area (Å²) in [7, 11) is 0. The fraction of sp³-hybridized carbons (Fsp3) is 0.190. The minimum atomic E-state index is -2.29. The standard InChI is InChI=1S/C24H15FNS.C18H24GeN.Ir/c1-15-12-22(26-14-21(15)16-6-3-2-4-7-16)20-9-5-8-19-18-11-10-17(25)13-23(18)27-24(19)20;1-14(2)11-16-12-18(15-9-7-6-8-10-15)20-13-17(16)19(3,4)5;/h2-8,10-14H,1H3;6-9,12-14H,11H2,1-5H3;/q2*-1;/i1D3;;. The van der Waals surface area contributed by atoms with E-state index in [1.807, 2.05) is 54.6 Å². The van der Waals surface area contributed by atoms with Crippen molar-refractivity contribution in [2.75, 3.05) is 0 Å². The third-order valence-electron chi connectivity index (χ3n) is 8.05. The fourth-order valence-electron chi connectivity index (χ4n) is 5.83. The molecule has 0 saturated heterocycles. The molecule has 2 nitrogen and oxygen atoms in total. The average Bonchev–Trinajstić information content (AvgIpc) is 3.46. The summed E-state index contributed by atoms with van der Waals surface area (Å²) in [6.07, 6.45) is 4.89. The molecule has 48 heavy (non-hydrogen) atoms. The van der Waals surface area contributed by atoms with Crippen LogP contribution < -0.4 is 4.40 Å². The summed E-state index contributed by atoms with van der Waals surface area (Å²) in [5.74, 6) is 7.71. The zero-order valence-corrected chi connectivity index (χ0v) is 33.0. The second-order valence-electron chi connectivity index (χ2n) is 13.2. The van der Waals surface area contributed by atoms with Gasteiger partial charge < -0.3 is 4.98 Å². The van der Waals surface area contributed by atoms with Crippen LogP contribution in [0, 0.1) is 30.7 Å². The van der Waals surface area contributed by atoms with E-state index in [-0.39, 0.29) is 31.5 Å². The second-order valence-corrected chi connectivity index (χ2v) is 24.8. The molecule has 3 aromatic heterocycles. The summed E-state index contributed by atoms with van der Waals surface area (Å²) in [5, 5.41) is 1.94. The molecule has 0 spiro atoms. The van der Waals surface area contributed by atoms with Crippen LogP contribution in [0.5, 0.6) is 0 Å². The van der Waals surface area contributed by atoms with E-state index in [0.29, 0.717) is 17.2 Å². The molecule has 245 valence electrons. The van der Waals surface area contributed by atoms with Gasteiger partial charge >= 0.3 is 126 Å². The SMILES string of the molecule is CC(C)Cc1cc(-c2[c-]cccc2)nc[c]1[Ge]([CH3])([CH3])[CH3].[2H]C([2H])([2H])c1cc(-c2[c-]ccc3c2sc2cc(F)ccc23)ncc1-c1ccccc1.[Ir]. The van der Waals surface area contributed by atoms with E-state index in [0.717, 1.165) is 49.0 Å². The van der Waals surface area contributed by atoms with Crippen LogP contribution in [0.2, 0.25) is 17.3 Å². The molecule has 0 aliphatic carbocycles. The van der Waals surface area contributed by atoms with Crippen molar-refractivity contribution in [3.63, 3.8) is 0 Å². The van der Waals surface area contributed by atoms with Crippen LogP contribution in [0.15, 0.2) is 109 Å². The Labute approximate surface area is 308 Å². The molecule has 0 saturated carbocycles. The monoisotopic (exact) mass is 892 g/mol. The number of hydrogen-bond acceptors (Lipinski definition) is 3. The Kier molecular flexibility index (Phi) is 10.2. The Hall–Kier alpha value is -3.48. The molecular weight excluding hydrogens is 848 g/mol. The van der Waals surface area contributed by atoms with Gasteiger partial charge in [0.2, 0.25) is 0 Å². The van der Waals surface area contributed by atoms with Crippen molar-refractivity contribution in [3.05, 3.63) is 139 Å². The summed E-state index contributed by atoms with van der Waals surface area (Å²) in [6, 6.07) is 36.4. The Bertz CT molecular complexity index is 2270. The summed E-state index contributed by atoms with van der Waals surface area (Å²) < 4.78 is 41.1. The number of aryl methyl sites for hydroxylation is 1. The van der Waals surface area contributed by atoms with Crippen LogP contribution in [0.4, 0.5) is 4.39 Å². The van der Waals surface area contributed by atoms with Gasteiger partial charge in [0.05, 0.1) is 0 Å². The number of hydrogen-bond donors (Lipinski definition) is 0. The Morgan fingerprint density at radius 1 is 0.833 bits per heavy atom. The number of thiophene rings is 1. The van der Waals surface area contributed by atoms with E-state index in [1.54, 1.807) is 28.8 Å². The first-order chi connectivity index (χ1) is 23.8. The van der Waals surface area contributed by atoms with Gasteiger partial charge in [0.25, 0.3) is 0 Å². The molecule has 3 heterocycles. The molecule has 4 aromatic carbocycles. The topological polar surface area (TPSA) is 25.8 Å². The van der Waals surface area contributed by atoms with E-state index in [2.05, 4.69) is 66.6 Å². The first-order valence-corrected chi connectivity index (χ1v) is 24.0. The number of benzene rings is 4. The maximum Gasteiger partial charge on any atom is 0.124 e. The van der Waals surface area contributed by atoms with Gasteiger partial charge in [-0.15, -0.1) is 23.8 Å². The van der Waals surface area contributed by atoms with E-state index < -0.39 is 20.1 Å². The molecule has 7 aromatic rings. The quantitative estimate of drug-likeness (QED) is 0.123. The normalized spacial score (nSPS) is 12.5. The largest absolute Gasteiger partial charge is 0.304 e. The van der Waals surface area contributed by atoms with E-state index >= 15 is 0 Å². The summed E-state index contributed by atoms with van der Waals surface area (Å²) in [4.78, 5) is 9.29. The van der Waals surface area contributed by atoms with Crippen molar-refractivity contribution < 1.29 is 28.6 Å². The Morgan fingerprint density at radius 2 is 1.60 bits per heavy atom. The number of halogens is 1. The number of nitrogens with zero attached hydrogens (tertiary/aromatic N) is 2. The van der Waals surface area contributed by atoms with E-state index in [9.17, 15) is 4.39 Å². The number of pyridine rings is 2. The van der Waals surface area contributed by atoms with Gasteiger partial charge in [-0.1, -0.05) is 47.9 Å². The van der Waals surface area contributed by atoms with Crippen molar-refractivity contribution in [1.82, 2.24) is 9.97 Å². The molecular formula is C42H39FGeIrN2S-2. The maximum atomic E-state index is 13.7. The zero-order valence-electron chi connectivity index (χ0n) is 30.7. The van der Waals surface area contributed by atoms with Gasteiger partial charge in [-0.2, -0.15) is 11.3 Å². The first-order valence-electron chi connectivity index (χ1n) is 17.3. The molecule has 0 aliphatic heterocycles. The van der Waals surface area contributed by atoms with E-state index in [1.165, 1.54) is 29.0 Å². The molecule has 6 heteroatoms. The molecule has 1 radical (unpaired) electrons. The molecule has 0 aliphatic rings. The Balaban J connectivity index is 0.000000211. The van der Waals surface area contributed by atoms with Crippen molar-refractivity contribution in [2.45, 2.75) is 44.4 Å². The molecule has 0 unspecified atom stereocenters. The molecule has 0 fully saturated rings. The Morgan fingerprint density at radius 3 is 2.31 bits per heavy atom. The summed E-state index contributed by atoms with van der Waals surface area (Å²) >= 11 is -0.399. The fourth-order valence-corrected chi connectivity index (χ4v) is 10.4. The van der Waals surface area contributed by atoms with Crippen LogP contribution in [-0.4, -0.2) is 23.2 Å². The van der Waals surface area contributed by atoms with Crippen molar-refractivity contribution in [2.24, 2.45) is 5.92 Å². The van der Waals surface area contributed by atoms with Gasteiger partial charge in [0.15, 0.2) is 0 Å². The van der Waals surface area contributed by atoms with Crippen LogP contribution in [0.25, 0.3) is 53.8 Å². The van der Waals surface area contributed by atoms with Gasteiger partial charge in [0.1, 0.15) is 5.82 Å². The molecule has 0 N–H and O–H groups in total. The van der Waals surface area contributed by atoms with Gasteiger partial charge in [0, 0.05) is 40.7 Å². The van der Waals surface area contributed by atoms with Crippen LogP contribution in [0.1, 0.15) is 29.1 Å². The van der Waals surface area contributed by atoms with Crippen LogP contribution in [-0.2, 0) is 26.5 Å². The minimum absolute atomic E-state index is 0. The third-order valence-corrected chi connectivity index (χ3v) is 13.6. The predicted molar refractivity (Wildman–Crippen MR) is 202 cm³/mol. The van der Waals surface area contributed by atoms with Gasteiger partial charge in [-0.25, -0.2) is 4.39 Å². The average molecular weight is 891 g/mol. The van der Waals surface area contributed by atoms with Crippen molar-refractivity contribution in [1.29, 1.82) is 0 Å². The number of rotatable bonds is 6. The molecule has 0 bridgehead atoms. The van der Waals surface area contributed by atoms with Crippen LogP contribution in [0.3, 0.4) is 0 Å². The zero-order chi connectivity index (χ0) is 35.6. The van der Waals surface area contributed by atoms with Crippen LogP contribution >= 0.6 is 11.3 Å². The third kappa shape index (κ3) is 8.03. The van der Waals surface area contributed by atoms with Gasteiger partial charge in [-0.3, -0.25) is 0 Å². The predicted octanol–water partition coefficient (Wildman–Crippen LogP) is 11.3. The molecule has 0 atom stereocenters. The smallest absolute Gasteiger partial charge is 0.124 e. The van der Waals surface area contributed by atoms with Gasteiger partial charge in [-0.05, 0) is 45.9 Å². The van der Waals surface area contributed by atoms with Crippen molar-refractivity contribution >= 4 is 49.2 Å². The first kappa shape index (κ1) is 31.8. The summed E-state index contributed by atoms with van der Waals surface area (Å²) in [5.41, 5.74) is 6.54. The number of aromatic nitrogens is 2. The van der Waals surface area contributed by atoms with Crippen molar-refractivity contribution in [3.8, 4) is 33.6 Å². The molecule has 7 rings (SSSR count).